The van der Waals surface area contributed by atoms with Crippen molar-refractivity contribution in [1.29, 1.82) is 5.26 Å². The molecule has 1 saturated heterocycles. The Hall–Kier alpha value is -2.00. The van der Waals surface area contributed by atoms with Crippen LogP contribution >= 0.6 is 0 Å². The topological polar surface area (TPSA) is 70.1 Å². The number of likely N-dealkylation sites (tertiary alicyclic amines) is 1. The molecule has 25 heavy (non-hydrogen) atoms. The van der Waals surface area contributed by atoms with E-state index >= 15 is 0 Å². The van der Waals surface area contributed by atoms with Gasteiger partial charge in [0, 0.05) is 6.42 Å². The minimum atomic E-state index is -1.17. The summed E-state index contributed by atoms with van der Waals surface area (Å²) in [6, 6.07) is 6.75. The molecular formula is C19H23F2N3O. The van der Waals surface area contributed by atoms with Gasteiger partial charge in [-0.05, 0) is 42.4 Å². The summed E-state index contributed by atoms with van der Waals surface area (Å²) in [7, 11) is 0. The molecule has 0 bridgehead atoms. The van der Waals surface area contributed by atoms with Crippen molar-refractivity contribution in [1.82, 2.24) is 4.90 Å². The van der Waals surface area contributed by atoms with E-state index in [0.717, 1.165) is 31.2 Å². The summed E-state index contributed by atoms with van der Waals surface area (Å²) in [6.07, 6.45) is 3.05. The van der Waals surface area contributed by atoms with E-state index in [-0.39, 0.29) is 24.7 Å². The Morgan fingerprint density at radius 1 is 1.36 bits per heavy atom. The van der Waals surface area contributed by atoms with Crippen LogP contribution in [0.3, 0.4) is 0 Å². The van der Waals surface area contributed by atoms with Crippen LogP contribution in [0.15, 0.2) is 24.3 Å². The molecule has 3 atom stereocenters. The number of carbonyl (C=O) groups excluding carboxylic acids is 1. The van der Waals surface area contributed by atoms with E-state index in [9.17, 15) is 18.8 Å². The Kier molecular flexibility index (Phi) is 5.05. The number of nitrogens with two attached hydrogens (primary N) is 1. The Balaban J connectivity index is 1.81. The van der Waals surface area contributed by atoms with Crippen molar-refractivity contribution in [2.75, 3.05) is 6.54 Å². The van der Waals surface area contributed by atoms with Crippen molar-refractivity contribution in [2.24, 2.45) is 11.1 Å². The van der Waals surface area contributed by atoms with Crippen LogP contribution in [0.2, 0.25) is 0 Å². The van der Waals surface area contributed by atoms with Crippen molar-refractivity contribution in [3.8, 4) is 6.07 Å². The number of carbonyl (C=O) groups is 1. The first-order valence-corrected chi connectivity index (χ1v) is 8.79. The van der Waals surface area contributed by atoms with Crippen molar-refractivity contribution in [3.05, 3.63) is 35.6 Å². The number of nitrogens with zero attached hydrogens (tertiary/aromatic N) is 2. The normalized spacial score (nSPS) is 26.4. The number of hydrogen-bond acceptors (Lipinski definition) is 3. The molecule has 0 radical (unpaired) electrons. The number of nitriles is 1. The first-order valence-electron chi connectivity index (χ1n) is 8.79. The lowest BCUT2D eigenvalue weighted by Crippen LogP contribution is -2.54. The third-order valence-electron chi connectivity index (χ3n) is 5.68. The van der Waals surface area contributed by atoms with Gasteiger partial charge in [0.05, 0.1) is 18.7 Å². The van der Waals surface area contributed by atoms with E-state index in [1.165, 1.54) is 17.0 Å². The molecule has 0 aromatic heterocycles. The molecular weight excluding hydrogens is 324 g/mol. The number of alkyl halides is 1. The van der Waals surface area contributed by atoms with Crippen LogP contribution in [0.1, 0.15) is 37.7 Å². The maximum absolute atomic E-state index is 13.7. The van der Waals surface area contributed by atoms with E-state index in [0.29, 0.717) is 6.42 Å². The molecule has 1 aromatic rings. The largest absolute Gasteiger partial charge is 0.322 e. The van der Waals surface area contributed by atoms with E-state index in [2.05, 4.69) is 0 Å². The highest BCUT2D eigenvalue weighted by Crippen LogP contribution is 2.44. The molecule has 1 heterocycles. The maximum Gasteiger partial charge on any atom is 0.241 e. The van der Waals surface area contributed by atoms with Gasteiger partial charge >= 0.3 is 0 Å². The zero-order chi connectivity index (χ0) is 18.0. The summed E-state index contributed by atoms with van der Waals surface area (Å²) in [6.45, 7) is -0.0581. The highest BCUT2D eigenvalue weighted by atomic mass is 19.1. The van der Waals surface area contributed by atoms with Gasteiger partial charge in [0.15, 0.2) is 0 Å². The summed E-state index contributed by atoms with van der Waals surface area (Å²) in [5.41, 5.74) is 6.91. The summed E-state index contributed by atoms with van der Waals surface area (Å²) in [5, 5.41) is 9.19. The number of hydrogen-bond donors (Lipinski definition) is 1. The number of benzene rings is 1. The summed E-state index contributed by atoms with van der Waals surface area (Å²) in [5.74, 6) is -0.636. The van der Waals surface area contributed by atoms with Gasteiger partial charge in [-0.2, -0.15) is 5.26 Å². The lowest BCUT2D eigenvalue weighted by atomic mass is 9.73. The van der Waals surface area contributed by atoms with Crippen LogP contribution in [-0.2, 0) is 11.2 Å². The third-order valence-corrected chi connectivity index (χ3v) is 5.68. The highest BCUT2D eigenvalue weighted by molar-refractivity contribution is 5.83. The molecule has 0 unspecified atom stereocenters. The van der Waals surface area contributed by atoms with Gasteiger partial charge < -0.3 is 10.6 Å². The first kappa shape index (κ1) is 17.8. The smallest absolute Gasteiger partial charge is 0.241 e. The van der Waals surface area contributed by atoms with Crippen LogP contribution in [0, 0.1) is 22.6 Å². The maximum atomic E-state index is 13.7. The average molecular weight is 347 g/mol. The molecule has 2 fully saturated rings. The van der Waals surface area contributed by atoms with Crippen molar-refractivity contribution >= 4 is 5.91 Å². The van der Waals surface area contributed by atoms with Crippen LogP contribution in [0.25, 0.3) is 0 Å². The Morgan fingerprint density at radius 2 is 2.00 bits per heavy atom. The second kappa shape index (κ2) is 7.09. The SMILES string of the molecule is N#C[C@@H]1C[C@H](F)CN1C(=O)[C@@H](N)C1(Cc2ccc(F)cc2)CCCC1. The molecule has 2 aliphatic rings. The van der Waals surface area contributed by atoms with Gasteiger partial charge in [-0.15, -0.1) is 0 Å². The fourth-order valence-corrected chi connectivity index (χ4v) is 4.28. The van der Waals surface area contributed by atoms with Crippen LogP contribution in [-0.4, -0.2) is 35.6 Å². The Bertz CT molecular complexity index is 664. The number of amides is 1. The Morgan fingerprint density at radius 3 is 2.60 bits per heavy atom. The van der Waals surface area contributed by atoms with Gasteiger partial charge in [-0.25, -0.2) is 8.78 Å². The molecule has 1 aliphatic carbocycles. The fraction of sp³-hybridized carbons (Fsp3) is 0.579. The molecule has 1 amide bonds. The fourth-order valence-electron chi connectivity index (χ4n) is 4.28. The van der Waals surface area contributed by atoms with E-state index in [1.54, 1.807) is 12.1 Å². The zero-order valence-electron chi connectivity index (χ0n) is 14.1. The minimum absolute atomic E-state index is 0.0555. The van der Waals surface area contributed by atoms with Crippen molar-refractivity contribution < 1.29 is 13.6 Å². The number of rotatable bonds is 4. The predicted octanol–water partition coefficient (Wildman–Crippen LogP) is 2.72. The van der Waals surface area contributed by atoms with E-state index < -0.39 is 23.7 Å². The van der Waals surface area contributed by atoms with Crippen LogP contribution in [0.5, 0.6) is 0 Å². The van der Waals surface area contributed by atoms with Crippen LogP contribution in [0.4, 0.5) is 8.78 Å². The monoisotopic (exact) mass is 347 g/mol. The van der Waals surface area contributed by atoms with E-state index in [4.69, 9.17) is 5.73 Å². The summed E-state index contributed by atoms with van der Waals surface area (Å²) < 4.78 is 26.8. The first-order chi connectivity index (χ1) is 11.9. The van der Waals surface area contributed by atoms with Gasteiger partial charge in [-0.1, -0.05) is 25.0 Å². The molecule has 1 saturated carbocycles. The van der Waals surface area contributed by atoms with Gasteiger partial charge in [-0.3, -0.25) is 4.79 Å². The molecule has 3 rings (SSSR count). The average Bonchev–Trinajstić information content (AvgIpc) is 3.23. The molecule has 134 valence electrons. The molecule has 4 nitrogen and oxygen atoms in total. The van der Waals surface area contributed by atoms with Crippen LogP contribution < -0.4 is 5.73 Å². The highest BCUT2D eigenvalue weighted by Gasteiger charge is 2.47. The van der Waals surface area contributed by atoms with Crippen molar-refractivity contribution in [2.45, 2.75) is 56.8 Å². The quantitative estimate of drug-likeness (QED) is 0.910. The van der Waals surface area contributed by atoms with Gasteiger partial charge in [0.2, 0.25) is 5.91 Å². The molecule has 0 spiro atoms. The lowest BCUT2D eigenvalue weighted by molar-refractivity contribution is -0.136. The predicted molar refractivity (Wildman–Crippen MR) is 89.6 cm³/mol. The third kappa shape index (κ3) is 3.52. The molecule has 1 aromatic carbocycles. The van der Waals surface area contributed by atoms with Crippen molar-refractivity contribution in [3.63, 3.8) is 0 Å². The lowest BCUT2D eigenvalue weighted by Gasteiger charge is -2.37. The summed E-state index contributed by atoms with van der Waals surface area (Å²) >= 11 is 0. The minimum Gasteiger partial charge on any atom is -0.322 e. The summed E-state index contributed by atoms with van der Waals surface area (Å²) in [4.78, 5) is 14.2. The van der Waals surface area contributed by atoms with Gasteiger partial charge in [0.1, 0.15) is 18.0 Å². The standard InChI is InChI=1S/C19H23F2N3O/c20-14-5-3-13(4-6-14)10-19(7-1-2-8-19)17(23)18(25)24-12-15(21)9-16(24)11-22/h3-6,15-17H,1-2,7-10,12,23H2/t15-,16-,17+/m0/s1. The second-order valence-corrected chi connectivity index (χ2v) is 7.32. The van der Waals surface area contributed by atoms with E-state index in [1.807, 2.05) is 6.07 Å². The zero-order valence-corrected chi connectivity index (χ0v) is 14.1. The number of halogens is 2. The Labute approximate surface area is 146 Å². The molecule has 6 heteroatoms. The second-order valence-electron chi connectivity index (χ2n) is 7.32. The van der Waals surface area contributed by atoms with Gasteiger partial charge in [0.25, 0.3) is 0 Å². The molecule has 1 aliphatic heterocycles. The molecule has 2 N–H and O–H groups in total.